The summed E-state index contributed by atoms with van der Waals surface area (Å²) >= 11 is 0. The first-order chi connectivity index (χ1) is 16.8. The van der Waals surface area contributed by atoms with Gasteiger partial charge in [-0.15, -0.1) is 0 Å². The molecular formula is C25H21N5O4S. The molecule has 0 radical (unpaired) electrons. The summed E-state index contributed by atoms with van der Waals surface area (Å²) in [7, 11) is -4.28. The summed E-state index contributed by atoms with van der Waals surface area (Å²) in [6.45, 7) is 0. The Kier molecular flexibility index (Phi) is 5.98. The van der Waals surface area contributed by atoms with Crippen LogP contribution in [0.5, 0.6) is 0 Å². The number of carbonyl (C=O) groups is 1. The molecule has 5 rings (SSSR count). The largest absolute Gasteiger partial charge is 0.326 e. The minimum Gasteiger partial charge on any atom is -0.326 e. The maximum absolute atomic E-state index is 11.7. The number of rotatable bonds is 7. The molecule has 0 unspecified atom stereocenters. The Hall–Kier alpha value is -4.15. The van der Waals surface area contributed by atoms with Crippen LogP contribution in [-0.2, 0) is 34.2 Å². The lowest BCUT2D eigenvalue weighted by Crippen LogP contribution is -2.09. The monoisotopic (exact) mass is 487 g/mol. The lowest BCUT2D eigenvalue weighted by Gasteiger charge is -2.10. The van der Waals surface area contributed by atoms with E-state index in [1.807, 2.05) is 48.5 Å². The van der Waals surface area contributed by atoms with Crippen molar-refractivity contribution < 1.29 is 17.8 Å². The van der Waals surface area contributed by atoms with Crippen LogP contribution < -0.4 is 10.6 Å². The molecule has 1 aliphatic rings. The molecule has 10 heteroatoms. The van der Waals surface area contributed by atoms with Crippen LogP contribution in [0.15, 0.2) is 77.7 Å². The molecule has 1 amide bonds. The zero-order valence-electron chi connectivity index (χ0n) is 18.5. The average Bonchev–Trinajstić information content (AvgIpc) is 3.19. The Morgan fingerprint density at radius 2 is 1.54 bits per heavy atom. The maximum Gasteiger partial charge on any atom is 0.294 e. The van der Waals surface area contributed by atoms with Crippen LogP contribution in [0.25, 0.3) is 0 Å². The van der Waals surface area contributed by atoms with Gasteiger partial charge in [0, 0.05) is 24.2 Å². The number of hydrogen-bond donors (Lipinski definition) is 3. The van der Waals surface area contributed by atoms with Gasteiger partial charge in [0.1, 0.15) is 11.6 Å². The first-order valence-corrected chi connectivity index (χ1v) is 12.3. The third kappa shape index (κ3) is 5.51. The lowest BCUT2D eigenvalue weighted by atomic mass is 10.1. The summed E-state index contributed by atoms with van der Waals surface area (Å²) in [6, 6.07) is 21.3. The minimum absolute atomic E-state index is 0.0195. The summed E-state index contributed by atoms with van der Waals surface area (Å²) in [6.07, 6.45) is 1.31. The standard InChI is InChI=1S/C25H21N5O4S/c31-24-15-18-12-17(6-11-21(18)27-24)14-23-28-22(13-16-4-2-1-3-5-16)29-25(30-23)26-19-7-9-20(10-8-19)35(32,33)34/h1-12H,13-15H2,(H,27,31)(H,32,33,34)(H,26,28,29,30). The SMILES string of the molecule is O=C1Cc2cc(Cc3nc(Cc4ccccc4)nc(Nc4ccc(S(=O)(=O)O)cc4)n3)ccc2N1. The molecule has 0 bridgehead atoms. The first kappa shape index (κ1) is 22.6. The third-order valence-electron chi connectivity index (χ3n) is 5.50. The van der Waals surface area contributed by atoms with Crippen molar-refractivity contribution in [2.24, 2.45) is 0 Å². The number of amides is 1. The number of nitrogens with zero attached hydrogens (tertiary/aromatic N) is 3. The highest BCUT2D eigenvalue weighted by atomic mass is 32.2. The second kappa shape index (κ2) is 9.24. The molecule has 3 aromatic carbocycles. The average molecular weight is 488 g/mol. The van der Waals surface area contributed by atoms with Crippen molar-refractivity contribution in [3.8, 4) is 0 Å². The van der Waals surface area contributed by atoms with Crippen LogP contribution in [0, 0.1) is 0 Å². The predicted molar refractivity (Wildman–Crippen MR) is 130 cm³/mol. The number of aromatic nitrogens is 3. The smallest absolute Gasteiger partial charge is 0.294 e. The highest BCUT2D eigenvalue weighted by Gasteiger charge is 2.18. The van der Waals surface area contributed by atoms with Crippen molar-refractivity contribution in [3.63, 3.8) is 0 Å². The second-order valence-corrected chi connectivity index (χ2v) is 9.59. The Labute approximate surface area is 202 Å². The summed E-state index contributed by atoms with van der Waals surface area (Å²) in [4.78, 5) is 25.3. The fourth-order valence-electron chi connectivity index (χ4n) is 3.88. The van der Waals surface area contributed by atoms with Gasteiger partial charge in [0.2, 0.25) is 11.9 Å². The van der Waals surface area contributed by atoms with Crippen molar-refractivity contribution in [2.75, 3.05) is 10.6 Å². The molecule has 0 spiro atoms. The lowest BCUT2D eigenvalue weighted by molar-refractivity contribution is -0.115. The van der Waals surface area contributed by atoms with Crippen molar-refractivity contribution in [2.45, 2.75) is 24.2 Å². The van der Waals surface area contributed by atoms with Crippen LogP contribution in [0.2, 0.25) is 0 Å². The van der Waals surface area contributed by atoms with Crippen LogP contribution in [-0.4, -0.2) is 33.8 Å². The normalized spacial score (nSPS) is 12.8. The Morgan fingerprint density at radius 1 is 0.857 bits per heavy atom. The van der Waals surface area contributed by atoms with Crippen molar-refractivity contribution in [1.82, 2.24) is 15.0 Å². The van der Waals surface area contributed by atoms with Crippen LogP contribution >= 0.6 is 0 Å². The van der Waals surface area contributed by atoms with E-state index < -0.39 is 10.1 Å². The van der Waals surface area contributed by atoms with Crippen molar-refractivity contribution in [1.29, 1.82) is 0 Å². The summed E-state index contributed by atoms with van der Waals surface area (Å²) in [5, 5.41) is 5.92. The Bertz CT molecular complexity index is 1510. The molecule has 35 heavy (non-hydrogen) atoms. The molecule has 0 atom stereocenters. The summed E-state index contributed by atoms with van der Waals surface area (Å²) < 4.78 is 31.8. The van der Waals surface area contributed by atoms with Gasteiger partial charge in [0.15, 0.2) is 0 Å². The molecule has 0 fully saturated rings. The Balaban J connectivity index is 1.44. The van der Waals surface area contributed by atoms with Gasteiger partial charge < -0.3 is 10.6 Å². The fourth-order valence-corrected chi connectivity index (χ4v) is 4.36. The zero-order valence-corrected chi connectivity index (χ0v) is 19.3. The van der Waals surface area contributed by atoms with E-state index in [1.165, 1.54) is 24.3 Å². The van der Waals surface area contributed by atoms with Gasteiger partial charge in [-0.3, -0.25) is 9.35 Å². The van der Waals surface area contributed by atoms with E-state index in [0.717, 1.165) is 22.4 Å². The second-order valence-electron chi connectivity index (χ2n) is 8.17. The minimum atomic E-state index is -4.28. The first-order valence-electron chi connectivity index (χ1n) is 10.9. The number of anilines is 3. The fraction of sp³-hybridized carbons (Fsp3) is 0.120. The van der Waals surface area contributed by atoms with E-state index in [1.54, 1.807) is 0 Å². The molecule has 0 saturated heterocycles. The molecular weight excluding hydrogens is 466 g/mol. The van der Waals surface area contributed by atoms with Gasteiger partial charge in [0.25, 0.3) is 10.1 Å². The molecule has 9 nitrogen and oxygen atoms in total. The van der Waals surface area contributed by atoms with Crippen LogP contribution in [0.1, 0.15) is 28.3 Å². The highest BCUT2D eigenvalue weighted by molar-refractivity contribution is 7.85. The molecule has 1 aliphatic heterocycles. The van der Waals surface area contributed by atoms with Crippen LogP contribution in [0.4, 0.5) is 17.3 Å². The molecule has 3 N–H and O–H groups in total. The molecule has 4 aromatic rings. The van der Waals surface area contributed by atoms with Crippen LogP contribution in [0.3, 0.4) is 0 Å². The Morgan fingerprint density at radius 3 is 2.23 bits per heavy atom. The van der Waals surface area contributed by atoms with E-state index in [4.69, 9.17) is 0 Å². The van der Waals surface area contributed by atoms with E-state index >= 15 is 0 Å². The molecule has 2 heterocycles. The molecule has 0 aliphatic carbocycles. The van der Waals surface area contributed by atoms with Gasteiger partial charge in [-0.1, -0.05) is 42.5 Å². The highest BCUT2D eigenvalue weighted by Crippen LogP contribution is 2.25. The van der Waals surface area contributed by atoms with E-state index in [0.29, 0.717) is 42.5 Å². The number of fused-ring (bicyclic) bond motifs is 1. The van der Waals surface area contributed by atoms with Gasteiger partial charge in [-0.25, -0.2) is 4.98 Å². The number of hydrogen-bond acceptors (Lipinski definition) is 7. The molecule has 176 valence electrons. The van der Waals surface area contributed by atoms with Gasteiger partial charge in [-0.05, 0) is 47.0 Å². The van der Waals surface area contributed by atoms with E-state index in [2.05, 4.69) is 25.6 Å². The number of benzene rings is 3. The van der Waals surface area contributed by atoms with Crippen molar-refractivity contribution >= 4 is 33.3 Å². The topological polar surface area (TPSA) is 134 Å². The zero-order chi connectivity index (χ0) is 24.4. The van der Waals surface area contributed by atoms with E-state index in [9.17, 15) is 17.8 Å². The number of nitrogens with one attached hydrogen (secondary N) is 2. The molecule has 0 saturated carbocycles. The number of carbonyl (C=O) groups excluding carboxylic acids is 1. The van der Waals surface area contributed by atoms with Gasteiger partial charge in [0.05, 0.1) is 11.3 Å². The van der Waals surface area contributed by atoms with E-state index in [-0.39, 0.29) is 10.8 Å². The predicted octanol–water partition coefficient (Wildman–Crippen LogP) is 3.54. The maximum atomic E-state index is 11.7. The third-order valence-corrected chi connectivity index (χ3v) is 6.37. The summed E-state index contributed by atoms with van der Waals surface area (Å²) in [5.41, 5.74) is 4.36. The summed E-state index contributed by atoms with van der Waals surface area (Å²) in [5.74, 6) is 1.43. The molecule has 1 aromatic heterocycles. The van der Waals surface area contributed by atoms with Crippen molar-refractivity contribution in [3.05, 3.63) is 101 Å². The van der Waals surface area contributed by atoms with Gasteiger partial charge >= 0.3 is 0 Å². The van der Waals surface area contributed by atoms with Gasteiger partial charge in [-0.2, -0.15) is 18.4 Å². The quantitative estimate of drug-likeness (QED) is 0.337.